The third kappa shape index (κ3) is 4.45. The summed E-state index contributed by atoms with van der Waals surface area (Å²) in [5.41, 5.74) is 0. The highest BCUT2D eigenvalue weighted by Gasteiger charge is 2.25. The molecular weight excluding hydrogens is 340 g/mol. The number of thioether (sulfide) groups is 1. The Bertz CT molecular complexity index is 694. The molecule has 136 valence electrons. The minimum atomic E-state index is 0.185. The number of hydrogen-bond acceptors (Lipinski definition) is 8. The summed E-state index contributed by atoms with van der Waals surface area (Å²) < 4.78 is 16.0. The second-order valence-corrected chi connectivity index (χ2v) is 7.03. The van der Waals surface area contributed by atoms with Gasteiger partial charge in [-0.05, 0) is 25.2 Å². The Morgan fingerprint density at radius 2 is 2.16 bits per heavy atom. The van der Waals surface area contributed by atoms with Crippen molar-refractivity contribution in [1.29, 1.82) is 0 Å². The third-order valence-corrected chi connectivity index (χ3v) is 5.23. The van der Waals surface area contributed by atoms with E-state index in [2.05, 4.69) is 27.4 Å². The van der Waals surface area contributed by atoms with E-state index in [4.69, 9.17) is 14.0 Å². The average molecular weight is 364 g/mol. The fourth-order valence-electron chi connectivity index (χ4n) is 2.76. The summed E-state index contributed by atoms with van der Waals surface area (Å²) in [5, 5.41) is 7.52. The zero-order valence-electron chi connectivity index (χ0n) is 14.8. The Labute approximate surface area is 152 Å². The molecule has 8 heteroatoms. The number of nitrogens with zero attached hydrogens (tertiary/aromatic N) is 3. The molecule has 0 radical (unpaired) electrons. The van der Waals surface area contributed by atoms with Crippen LogP contribution in [0.3, 0.4) is 0 Å². The highest BCUT2D eigenvalue weighted by molar-refractivity contribution is 7.99. The molecule has 1 unspecified atom stereocenters. The largest absolute Gasteiger partial charge is 0.493 e. The van der Waals surface area contributed by atoms with Gasteiger partial charge in [-0.15, -0.1) is 11.8 Å². The number of aromatic nitrogens is 2. The Morgan fingerprint density at radius 3 is 2.92 bits per heavy atom. The van der Waals surface area contributed by atoms with Crippen molar-refractivity contribution in [2.45, 2.75) is 17.4 Å². The highest BCUT2D eigenvalue weighted by atomic mass is 32.2. The van der Waals surface area contributed by atoms with Crippen LogP contribution >= 0.6 is 11.8 Å². The Morgan fingerprint density at radius 1 is 1.32 bits per heavy atom. The molecule has 0 spiro atoms. The fourth-order valence-corrected chi connectivity index (χ4v) is 3.63. The molecule has 3 rings (SSSR count). The van der Waals surface area contributed by atoms with Crippen molar-refractivity contribution >= 4 is 11.8 Å². The van der Waals surface area contributed by atoms with Gasteiger partial charge in [-0.2, -0.15) is 4.98 Å². The molecule has 2 aromatic rings. The SMILES string of the molecule is COc1ccc(SCCc2nc(C3CNCCN3C)no2)cc1OC. The topological polar surface area (TPSA) is 72.7 Å². The van der Waals surface area contributed by atoms with Gasteiger partial charge in [0, 0.05) is 36.7 Å². The summed E-state index contributed by atoms with van der Waals surface area (Å²) >= 11 is 1.72. The van der Waals surface area contributed by atoms with Crippen molar-refractivity contribution in [3.05, 3.63) is 29.9 Å². The van der Waals surface area contributed by atoms with Crippen molar-refractivity contribution < 1.29 is 14.0 Å². The van der Waals surface area contributed by atoms with E-state index in [1.807, 2.05) is 18.2 Å². The molecule has 0 saturated carbocycles. The van der Waals surface area contributed by atoms with E-state index in [9.17, 15) is 0 Å². The van der Waals surface area contributed by atoms with Crippen LogP contribution in [-0.2, 0) is 6.42 Å². The van der Waals surface area contributed by atoms with Crippen LogP contribution in [0.1, 0.15) is 17.8 Å². The summed E-state index contributed by atoms with van der Waals surface area (Å²) in [6.07, 6.45) is 0.732. The van der Waals surface area contributed by atoms with Crippen molar-refractivity contribution in [2.24, 2.45) is 0 Å². The van der Waals surface area contributed by atoms with E-state index >= 15 is 0 Å². The van der Waals surface area contributed by atoms with Crippen molar-refractivity contribution in [1.82, 2.24) is 20.4 Å². The number of rotatable bonds is 7. The molecule has 1 aliphatic rings. The first-order valence-electron chi connectivity index (χ1n) is 8.29. The third-order valence-electron chi connectivity index (χ3n) is 4.23. The number of likely N-dealkylation sites (N-methyl/N-ethyl adjacent to an activating group) is 1. The maximum Gasteiger partial charge on any atom is 0.227 e. The molecule has 1 atom stereocenters. The van der Waals surface area contributed by atoms with Crippen LogP contribution in [0.4, 0.5) is 0 Å². The van der Waals surface area contributed by atoms with E-state index in [1.165, 1.54) is 0 Å². The molecular formula is C17H24N4O3S. The standard InChI is InChI=1S/C17H24N4O3S/c1-21-8-7-18-11-13(21)17-19-16(24-20-17)6-9-25-12-4-5-14(22-2)15(10-12)23-3/h4-5,10,13,18H,6-9,11H2,1-3H3. The van der Waals surface area contributed by atoms with Crippen molar-refractivity contribution in [3.63, 3.8) is 0 Å². The summed E-state index contributed by atoms with van der Waals surface area (Å²) in [5.74, 6) is 3.78. The molecule has 1 aliphatic heterocycles. The Balaban J connectivity index is 1.54. The molecule has 1 aromatic heterocycles. The molecule has 7 nitrogen and oxygen atoms in total. The van der Waals surface area contributed by atoms with Crippen molar-refractivity contribution in [3.8, 4) is 11.5 Å². The van der Waals surface area contributed by atoms with Crippen molar-refractivity contribution in [2.75, 3.05) is 46.7 Å². The lowest BCUT2D eigenvalue weighted by atomic mass is 10.2. The van der Waals surface area contributed by atoms with Gasteiger partial charge >= 0.3 is 0 Å². The predicted molar refractivity (Wildman–Crippen MR) is 96.5 cm³/mol. The first-order chi connectivity index (χ1) is 12.2. The van der Waals surface area contributed by atoms with Crippen LogP contribution in [0.2, 0.25) is 0 Å². The number of benzene rings is 1. The normalized spacial score (nSPS) is 18.3. The van der Waals surface area contributed by atoms with Crippen LogP contribution in [0, 0.1) is 0 Å². The number of nitrogens with one attached hydrogen (secondary N) is 1. The minimum absolute atomic E-state index is 0.185. The first-order valence-corrected chi connectivity index (χ1v) is 9.28. The molecule has 1 saturated heterocycles. The van der Waals surface area contributed by atoms with Gasteiger partial charge in [0.15, 0.2) is 17.3 Å². The molecule has 0 bridgehead atoms. The van der Waals surface area contributed by atoms with Gasteiger partial charge in [-0.1, -0.05) is 5.16 Å². The van der Waals surface area contributed by atoms with Crippen LogP contribution in [0.25, 0.3) is 0 Å². The van der Waals surface area contributed by atoms with Gasteiger partial charge in [0.2, 0.25) is 5.89 Å². The summed E-state index contributed by atoms with van der Waals surface area (Å²) in [6, 6.07) is 6.10. The molecule has 2 heterocycles. The van der Waals surface area contributed by atoms with E-state index in [0.29, 0.717) is 5.89 Å². The molecule has 0 aliphatic carbocycles. The molecule has 1 fully saturated rings. The zero-order valence-corrected chi connectivity index (χ0v) is 15.6. The van der Waals surface area contributed by atoms with E-state index in [0.717, 1.165) is 54.0 Å². The van der Waals surface area contributed by atoms with Gasteiger partial charge in [0.25, 0.3) is 0 Å². The minimum Gasteiger partial charge on any atom is -0.493 e. The Hall–Kier alpha value is -1.77. The van der Waals surface area contributed by atoms with Gasteiger partial charge in [-0.25, -0.2) is 0 Å². The lowest BCUT2D eigenvalue weighted by molar-refractivity contribution is 0.190. The molecule has 25 heavy (non-hydrogen) atoms. The molecule has 1 N–H and O–H groups in total. The van der Waals surface area contributed by atoms with Gasteiger partial charge < -0.3 is 19.3 Å². The summed E-state index contributed by atoms with van der Waals surface area (Å²) in [7, 11) is 5.37. The highest BCUT2D eigenvalue weighted by Crippen LogP contribution is 2.32. The molecule has 1 aromatic carbocycles. The van der Waals surface area contributed by atoms with E-state index < -0.39 is 0 Å². The van der Waals surface area contributed by atoms with Crippen LogP contribution in [-0.4, -0.2) is 61.7 Å². The second kappa shape index (κ2) is 8.55. The number of ether oxygens (including phenoxy) is 2. The van der Waals surface area contributed by atoms with Crippen LogP contribution < -0.4 is 14.8 Å². The number of methoxy groups -OCH3 is 2. The van der Waals surface area contributed by atoms with Crippen LogP contribution in [0.5, 0.6) is 11.5 Å². The van der Waals surface area contributed by atoms with Gasteiger partial charge in [-0.3, -0.25) is 4.90 Å². The quantitative estimate of drug-likeness (QED) is 0.748. The summed E-state index contributed by atoms with van der Waals surface area (Å²) in [6.45, 7) is 2.85. The van der Waals surface area contributed by atoms with Crippen LogP contribution in [0.15, 0.2) is 27.6 Å². The average Bonchev–Trinajstić information content (AvgIpc) is 3.10. The fraction of sp³-hybridized carbons (Fsp3) is 0.529. The first kappa shape index (κ1) is 18.0. The number of aryl methyl sites for hydroxylation is 1. The summed E-state index contributed by atoms with van der Waals surface area (Å²) in [4.78, 5) is 7.93. The second-order valence-electron chi connectivity index (χ2n) is 5.86. The number of piperazine rings is 1. The lowest BCUT2D eigenvalue weighted by Gasteiger charge is -2.30. The maximum absolute atomic E-state index is 5.41. The van der Waals surface area contributed by atoms with E-state index in [1.54, 1.807) is 26.0 Å². The number of hydrogen-bond donors (Lipinski definition) is 1. The maximum atomic E-state index is 5.41. The monoisotopic (exact) mass is 364 g/mol. The van der Waals surface area contributed by atoms with Gasteiger partial charge in [0.05, 0.1) is 20.3 Å². The van der Waals surface area contributed by atoms with E-state index in [-0.39, 0.29) is 6.04 Å². The zero-order chi connectivity index (χ0) is 17.6. The smallest absolute Gasteiger partial charge is 0.227 e. The predicted octanol–water partition coefficient (Wildman–Crippen LogP) is 2.00. The Kier molecular flexibility index (Phi) is 6.17. The van der Waals surface area contributed by atoms with Gasteiger partial charge in [0.1, 0.15) is 0 Å². The molecule has 0 amide bonds. The lowest BCUT2D eigenvalue weighted by Crippen LogP contribution is -2.44.